The Morgan fingerprint density at radius 1 is 1.13 bits per heavy atom. The Balaban J connectivity index is 1.54. The van der Waals surface area contributed by atoms with Crippen molar-refractivity contribution >= 4 is 0 Å². The molecule has 0 aromatic heterocycles. The molecule has 0 amide bonds. The molecule has 1 aromatic carbocycles. The first kappa shape index (κ1) is 15.3. The Hall–Kier alpha value is -1.26. The van der Waals surface area contributed by atoms with Crippen molar-refractivity contribution in [3.05, 3.63) is 23.8 Å². The Labute approximate surface area is 138 Å². The van der Waals surface area contributed by atoms with Gasteiger partial charge in [0.05, 0.1) is 19.8 Å². The van der Waals surface area contributed by atoms with Crippen molar-refractivity contribution in [1.82, 2.24) is 5.32 Å². The zero-order valence-electron chi connectivity index (χ0n) is 14.1. The van der Waals surface area contributed by atoms with E-state index in [1.807, 2.05) is 12.1 Å². The van der Waals surface area contributed by atoms with Crippen molar-refractivity contribution in [1.29, 1.82) is 0 Å². The molecule has 23 heavy (non-hydrogen) atoms. The minimum Gasteiger partial charge on any atom is -0.493 e. The number of methoxy groups -OCH3 is 2. The maximum Gasteiger partial charge on any atom is 0.165 e. The van der Waals surface area contributed by atoms with Crippen LogP contribution in [0.25, 0.3) is 0 Å². The van der Waals surface area contributed by atoms with E-state index in [0.717, 1.165) is 42.9 Å². The number of nitrogens with one attached hydrogen (secondary N) is 1. The molecule has 4 aliphatic carbocycles. The first-order valence-corrected chi connectivity index (χ1v) is 8.72. The third kappa shape index (κ3) is 2.62. The summed E-state index contributed by atoms with van der Waals surface area (Å²) in [5.74, 6) is 2.98. The molecule has 2 atom stereocenters. The van der Waals surface area contributed by atoms with E-state index in [1.165, 1.54) is 19.3 Å². The van der Waals surface area contributed by atoms with Crippen molar-refractivity contribution in [2.75, 3.05) is 14.2 Å². The summed E-state index contributed by atoms with van der Waals surface area (Å²) in [7, 11) is 3.36. The van der Waals surface area contributed by atoms with E-state index < -0.39 is 5.60 Å². The standard InChI is InChI=1S/C19H27NO3/c1-22-16-5-3-4-15(17(16)23-2)11-20-18-7-13-6-14(8-18)10-19(21,9-13)12-18/h3-5,13-14,20-21H,6-12H2,1-2H3. The number of hydrogen-bond acceptors (Lipinski definition) is 4. The molecule has 0 spiro atoms. The first-order valence-electron chi connectivity index (χ1n) is 8.72. The minimum absolute atomic E-state index is 0.104. The van der Waals surface area contributed by atoms with Crippen LogP contribution in [-0.2, 0) is 6.54 Å². The number of rotatable bonds is 5. The molecule has 0 saturated heterocycles. The lowest BCUT2D eigenvalue weighted by Crippen LogP contribution is -2.64. The van der Waals surface area contributed by atoms with Crippen LogP contribution >= 0.6 is 0 Å². The number of hydrogen-bond donors (Lipinski definition) is 2. The second kappa shape index (κ2) is 5.38. The van der Waals surface area contributed by atoms with E-state index in [0.29, 0.717) is 11.8 Å². The van der Waals surface area contributed by atoms with Crippen LogP contribution in [0, 0.1) is 11.8 Å². The average Bonchev–Trinajstić information content (AvgIpc) is 2.50. The molecule has 2 N–H and O–H groups in total. The summed E-state index contributed by atoms with van der Waals surface area (Å²) in [5, 5.41) is 14.7. The van der Waals surface area contributed by atoms with Crippen molar-refractivity contribution in [2.45, 2.75) is 56.2 Å². The predicted octanol–water partition coefficient (Wildman–Crippen LogP) is 2.88. The normalized spacial score (nSPS) is 37.9. The molecule has 0 radical (unpaired) electrons. The molecule has 2 unspecified atom stereocenters. The summed E-state index contributed by atoms with van der Waals surface area (Å²) in [5.41, 5.74) is 0.803. The third-order valence-electron chi connectivity index (χ3n) is 6.17. The lowest BCUT2D eigenvalue weighted by molar-refractivity contribution is -0.142. The van der Waals surface area contributed by atoms with Crippen LogP contribution in [0.5, 0.6) is 11.5 Å². The van der Waals surface area contributed by atoms with E-state index in [9.17, 15) is 5.11 Å². The Bertz CT molecular complexity index is 586. The van der Waals surface area contributed by atoms with Gasteiger partial charge in [-0.05, 0) is 56.4 Å². The highest BCUT2D eigenvalue weighted by Crippen LogP contribution is 2.57. The van der Waals surface area contributed by atoms with E-state index in [4.69, 9.17) is 9.47 Å². The Morgan fingerprint density at radius 3 is 2.48 bits per heavy atom. The lowest BCUT2D eigenvalue weighted by atomic mass is 9.51. The molecule has 126 valence electrons. The van der Waals surface area contributed by atoms with Crippen molar-refractivity contribution in [3.63, 3.8) is 0 Å². The van der Waals surface area contributed by atoms with Crippen molar-refractivity contribution in [2.24, 2.45) is 11.8 Å². The smallest absolute Gasteiger partial charge is 0.165 e. The molecule has 4 nitrogen and oxygen atoms in total. The summed E-state index contributed by atoms with van der Waals surface area (Å²) in [6.07, 6.45) is 6.65. The number of benzene rings is 1. The summed E-state index contributed by atoms with van der Waals surface area (Å²) in [6, 6.07) is 6.02. The van der Waals surface area contributed by atoms with Crippen LogP contribution in [0.1, 0.15) is 44.1 Å². The van der Waals surface area contributed by atoms with Crippen LogP contribution in [-0.4, -0.2) is 30.5 Å². The highest BCUT2D eigenvalue weighted by atomic mass is 16.5. The van der Waals surface area contributed by atoms with Gasteiger partial charge in [-0.3, -0.25) is 0 Å². The molecule has 4 aliphatic rings. The summed E-state index contributed by atoms with van der Waals surface area (Å²) < 4.78 is 10.9. The van der Waals surface area contributed by atoms with Gasteiger partial charge in [0.25, 0.3) is 0 Å². The fraction of sp³-hybridized carbons (Fsp3) is 0.684. The van der Waals surface area contributed by atoms with Crippen LogP contribution in [0.2, 0.25) is 0 Å². The number of ether oxygens (including phenoxy) is 2. The molecule has 4 heteroatoms. The maximum absolute atomic E-state index is 10.9. The fourth-order valence-corrected chi connectivity index (χ4v) is 5.80. The van der Waals surface area contributed by atoms with Gasteiger partial charge in [0, 0.05) is 17.6 Å². The largest absolute Gasteiger partial charge is 0.493 e. The molecule has 0 aliphatic heterocycles. The average molecular weight is 317 g/mol. The van der Waals surface area contributed by atoms with Gasteiger partial charge in [0.2, 0.25) is 0 Å². The van der Waals surface area contributed by atoms with Gasteiger partial charge in [-0.1, -0.05) is 12.1 Å². The van der Waals surface area contributed by atoms with Gasteiger partial charge in [-0.25, -0.2) is 0 Å². The molecule has 4 fully saturated rings. The van der Waals surface area contributed by atoms with Crippen LogP contribution in [0.3, 0.4) is 0 Å². The zero-order valence-corrected chi connectivity index (χ0v) is 14.1. The van der Waals surface area contributed by atoms with Crippen LogP contribution in [0.15, 0.2) is 18.2 Å². The SMILES string of the molecule is COc1cccc(CNC23CC4CC(CC(O)(C4)C2)C3)c1OC. The van der Waals surface area contributed by atoms with E-state index in [2.05, 4.69) is 11.4 Å². The second-order valence-electron chi connectivity index (χ2n) is 7.97. The zero-order chi connectivity index (χ0) is 16.1. The van der Waals surface area contributed by atoms with E-state index >= 15 is 0 Å². The van der Waals surface area contributed by atoms with Gasteiger partial charge < -0.3 is 19.9 Å². The fourth-order valence-electron chi connectivity index (χ4n) is 5.80. The third-order valence-corrected chi connectivity index (χ3v) is 6.17. The topological polar surface area (TPSA) is 50.7 Å². The van der Waals surface area contributed by atoms with Crippen molar-refractivity contribution < 1.29 is 14.6 Å². The maximum atomic E-state index is 10.9. The lowest BCUT2D eigenvalue weighted by Gasteiger charge is -2.60. The molecular weight excluding hydrogens is 290 g/mol. The molecule has 0 heterocycles. The van der Waals surface area contributed by atoms with Gasteiger partial charge in [-0.15, -0.1) is 0 Å². The van der Waals surface area contributed by atoms with Gasteiger partial charge in [0.1, 0.15) is 0 Å². The molecule has 4 bridgehead atoms. The van der Waals surface area contributed by atoms with Gasteiger partial charge in [0.15, 0.2) is 11.5 Å². The monoisotopic (exact) mass is 317 g/mol. The summed E-state index contributed by atoms with van der Waals surface area (Å²) in [4.78, 5) is 0. The molecule has 1 aromatic rings. The molecule has 4 saturated carbocycles. The van der Waals surface area contributed by atoms with E-state index in [1.54, 1.807) is 14.2 Å². The first-order chi connectivity index (χ1) is 11.0. The molecular formula is C19H27NO3. The van der Waals surface area contributed by atoms with Crippen LogP contribution < -0.4 is 14.8 Å². The quantitative estimate of drug-likeness (QED) is 0.877. The Morgan fingerprint density at radius 2 is 1.87 bits per heavy atom. The summed E-state index contributed by atoms with van der Waals surface area (Å²) in [6.45, 7) is 0.760. The minimum atomic E-state index is -0.421. The molecule has 5 rings (SSSR count). The Kier molecular flexibility index (Phi) is 3.58. The van der Waals surface area contributed by atoms with E-state index in [-0.39, 0.29) is 5.54 Å². The van der Waals surface area contributed by atoms with Gasteiger partial charge >= 0.3 is 0 Å². The predicted molar refractivity (Wildman–Crippen MR) is 88.7 cm³/mol. The number of aliphatic hydroxyl groups is 1. The van der Waals surface area contributed by atoms with Crippen molar-refractivity contribution in [3.8, 4) is 11.5 Å². The second-order valence-corrected chi connectivity index (χ2v) is 7.97. The van der Waals surface area contributed by atoms with Gasteiger partial charge in [-0.2, -0.15) is 0 Å². The number of para-hydroxylation sites is 1. The van der Waals surface area contributed by atoms with Crippen LogP contribution in [0.4, 0.5) is 0 Å². The highest BCUT2D eigenvalue weighted by Gasteiger charge is 2.56. The summed E-state index contributed by atoms with van der Waals surface area (Å²) >= 11 is 0. The highest BCUT2D eigenvalue weighted by molar-refractivity contribution is 5.46.